The molecule has 1 heterocycles. The fraction of sp³-hybridized carbons (Fsp3) is 0.478. The zero-order valence-electron chi connectivity index (χ0n) is 19.6. The summed E-state index contributed by atoms with van der Waals surface area (Å²) in [5, 5.41) is 11.9. The van der Waals surface area contributed by atoms with E-state index in [-0.39, 0.29) is 42.5 Å². The van der Waals surface area contributed by atoms with Crippen LogP contribution in [0.4, 0.5) is 5.69 Å². The number of nitrogens with zero attached hydrogens (tertiary/aromatic N) is 2. The van der Waals surface area contributed by atoms with Crippen molar-refractivity contribution in [1.82, 2.24) is 4.90 Å². The third-order valence-corrected chi connectivity index (χ3v) is 5.77. The normalized spacial score (nSPS) is 20.6. The Hall–Kier alpha value is -3.24. The minimum Gasteiger partial charge on any atom is -0.468 e. The van der Waals surface area contributed by atoms with E-state index >= 15 is 0 Å². The van der Waals surface area contributed by atoms with E-state index in [0.29, 0.717) is 12.3 Å². The highest BCUT2D eigenvalue weighted by Crippen LogP contribution is 2.55. The molecule has 1 aromatic rings. The van der Waals surface area contributed by atoms with Crippen LogP contribution >= 0.6 is 0 Å². The number of hydrogen-bond donors (Lipinski definition) is 0. The molecule has 0 saturated heterocycles. The third-order valence-electron chi connectivity index (χ3n) is 5.77. The van der Waals surface area contributed by atoms with E-state index in [1.54, 1.807) is 31.7 Å². The standard InChI is InChI=1S/C23H30N2O8/c1-7-32-13-23(22(27)31-6)16(4)24(14-33-8-2)15(3)19(21(26)30-5)20(23)17-11-9-10-12-18(17)25(28)29/h9-12,20H,4,7-8,13-14H2,1-3,5-6H3. The van der Waals surface area contributed by atoms with E-state index in [9.17, 15) is 19.7 Å². The molecule has 1 aromatic carbocycles. The Bertz CT molecular complexity index is 958. The first kappa shape index (κ1) is 26.0. The van der Waals surface area contributed by atoms with E-state index in [1.165, 1.54) is 32.4 Å². The van der Waals surface area contributed by atoms with Crippen molar-refractivity contribution in [3.05, 3.63) is 63.5 Å². The molecule has 2 unspecified atom stereocenters. The SMILES string of the molecule is C=C1N(COCC)C(C)=C(C(=O)OC)C(c2ccccc2[N+](=O)[O-])C1(COCC)C(=O)OC. The van der Waals surface area contributed by atoms with Gasteiger partial charge in [0.2, 0.25) is 0 Å². The second-order valence-corrected chi connectivity index (χ2v) is 7.34. The zero-order valence-corrected chi connectivity index (χ0v) is 19.6. The number of methoxy groups -OCH3 is 2. The fourth-order valence-corrected chi connectivity index (χ4v) is 4.17. The van der Waals surface area contributed by atoms with E-state index in [1.807, 2.05) is 0 Å². The quantitative estimate of drug-likeness (QED) is 0.293. The summed E-state index contributed by atoms with van der Waals surface area (Å²) < 4.78 is 21.5. The number of allylic oxidation sites excluding steroid dienone is 1. The molecule has 0 aromatic heterocycles. The Labute approximate surface area is 192 Å². The number of benzene rings is 1. The summed E-state index contributed by atoms with van der Waals surface area (Å²) in [6.07, 6.45) is 0. The van der Waals surface area contributed by atoms with Gasteiger partial charge in [0.05, 0.1) is 31.3 Å². The van der Waals surface area contributed by atoms with Crippen molar-refractivity contribution in [3.8, 4) is 0 Å². The average molecular weight is 462 g/mol. The molecule has 10 nitrogen and oxygen atoms in total. The van der Waals surface area contributed by atoms with Gasteiger partial charge in [-0.1, -0.05) is 24.8 Å². The van der Waals surface area contributed by atoms with Crippen LogP contribution < -0.4 is 0 Å². The van der Waals surface area contributed by atoms with Gasteiger partial charge < -0.3 is 23.8 Å². The predicted molar refractivity (Wildman–Crippen MR) is 119 cm³/mol. The number of para-hydroxylation sites is 1. The van der Waals surface area contributed by atoms with Crippen LogP contribution in [0, 0.1) is 15.5 Å². The first-order valence-corrected chi connectivity index (χ1v) is 10.5. The van der Waals surface area contributed by atoms with Crippen molar-refractivity contribution in [2.45, 2.75) is 26.7 Å². The molecule has 0 radical (unpaired) electrons. The fourth-order valence-electron chi connectivity index (χ4n) is 4.17. The minimum absolute atomic E-state index is 0.00384. The molecular weight excluding hydrogens is 432 g/mol. The van der Waals surface area contributed by atoms with Gasteiger partial charge in [-0.15, -0.1) is 0 Å². The van der Waals surface area contributed by atoms with Crippen LogP contribution in [0.5, 0.6) is 0 Å². The van der Waals surface area contributed by atoms with E-state index in [4.69, 9.17) is 18.9 Å². The number of carbonyl (C=O) groups is 2. The maximum atomic E-state index is 13.5. The highest BCUT2D eigenvalue weighted by Gasteiger charge is 2.59. The summed E-state index contributed by atoms with van der Waals surface area (Å²) in [6.45, 7) is 9.73. The molecular formula is C23H30N2O8. The van der Waals surface area contributed by atoms with E-state index < -0.39 is 28.2 Å². The second kappa shape index (κ2) is 11.1. The molecule has 180 valence electrons. The van der Waals surface area contributed by atoms with Gasteiger partial charge in [-0.2, -0.15) is 0 Å². The van der Waals surface area contributed by atoms with Crippen molar-refractivity contribution in [3.63, 3.8) is 0 Å². The number of carbonyl (C=O) groups excluding carboxylic acids is 2. The second-order valence-electron chi connectivity index (χ2n) is 7.34. The van der Waals surface area contributed by atoms with Gasteiger partial charge in [-0.05, 0) is 20.8 Å². The molecule has 1 aliphatic rings. The minimum atomic E-state index is -1.70. The predicted octanol–water partition coefficient (Wildman–Crippen LogP) is 3.14. The Morgan fingerprint density at radius 1 is 1.15 bits per heavy atom. The summed E-state index contributed by atoms with van der Waals surface area (Å²) in [4.78, 5) is 39.5. The molecule has 0 spiro atoms. The molecule has 2 atom stereocenters. The molecule has 0 aliphatic carbocycles. The molecule has 0 N–H and O–H groups in total. The third kappa shape index (κ3) is 4.62. The number of nitro groups is 1. The van der Waals surface area contributed by atoms with Crippen LogP contribution in [0.1, 0.15) is 32.3 Å². The topological polar surface area (TPSA) is 117 Å². The van der Waals surface area contributed by atoms with Crippen molar-refractivity contribution >= 4 is 17.6 Å². The van der Waals surface area contributed by atoms with Crippen LogP contribution in [-0.4, -0.2) is 62.5 Å². The monoisotopic (exact) mass is 462 g/mol. The first-order valence-electron chi connectivity index (χ1n) is 10.5. The molecule has 0 fully saturated rings. The number of rotatable bonds is 10. The van der Waals surface area contributed by atoms with Gasteiger partial charge >= 0.3 is 11.9 Å². The van der Waals surface area contributed by atoms with Crippen LogP contribution in [-0.2, 0) is 28.5 Å². The van der Waals surface area contributed by atoms with Gasteiger partial charge in [-0.3, -0.25) is 14.9 Å². The first-order chi connectivity index (χ1) is 15.7. The Balaban J connectivity index is 3.02. The van der Waals surface area contributed by atoms with Crippen molar-refractivity contribution in [2.24, 2.45) is 5.41 Å². The van der Waals surface area contributed by atoms with Gasteiger partial charge in [0.15, 0.2) is 0 Å². The van der Waals surface area contributed by atoms with Gasteiger partial charge in [0.1, 0.15) is 12.1 Å². The largest absolute Gasteiger partial charge is 0.468 e. The summed E-state index contributed by atoms with van der Waals surface area (Å²) in [5.74, 6) is -2.65. The lowest BCUT2D eigenvalue weighted by Crippen LogP contribution is -2.53. The van der Waals surface area contributed by atoms with Gasteiger partial charge in [0, 0.05) is 42.2 Å². The van der Waals surface area contributed by atoms with Crippen LogP contribution in [0.3, 0.4) is 0 Å². The summed E-state index contributed by atoms with van der Waals surface area (Å²) in [6, 6.07) is 5.94. The highest BCUT2D eigenvalue weighted by molar-refractivity contribution is 5.96. The van der Waals surface area contributed by atoms with Crippen molar-refractivity contribution in [2.75, 3.05) is 40.8 Å². The van der Waals surface area contributed by atoms with Crippen molar-refractivity contribution in [1.29, 1.82) is 0 Å². The summed E-state index contributed by atoms with van der Waals surface area (Å²) in [7, 11) is 2.41. The maximum absolute atomic E-state index is 13.5. The molecule has 1 aliphatic heterocycles. The number of nitro benzene ring substituents is 1. The molecule has 0 saturated carbocycles. The van der Waals surface area contributed by atoms with Gasteiger partial charge in [-0.25, -0.2) is 4.79 Å². The number of ether oxygens (including phenoxy) is 4. The Morgan fingerprint density at radius 2 is 1.79 bits per heavy atom. The number of hydrogen-bond acceptors (Lipinski definition) is 9. The zero-order chi connectivity index (χ0) is 24.8. The molecule has 0 amide bonds. The maximum Gasteiger partial charge on any atom is 0.336 e. The molecule has 10 heteroatoms. The van der Waals surface area contributed by atoms with Gasteiger partial charge in [0.25, 0.3) is 5.69 Å². The highest BCUT2D eigenvalue weighted by atomic mass is 16.6. The Morgan fingerprint density at radius 3 is 2.33 bits per heavy atom. The Kier molecular flexibility index (Phi) is 8.72. The summed E-state index contributed by atoms with van der Waals surface area (Å²) in [5.41, 5.74) is -1.11. The van der Waals surface area contributed by atoms with Crippen LogP contribution in [0.2, 0.25) is 0 Å². The number of esters is 2. The van der Waals surface area contributed by atoms with E-state index in [0.717, 1.165) is 0 Å². The molecule has 2 rings (SSSR count). The smallest absolute Gasteiger partial charge is 0.336 e. The summed E-state index contributed by atoms with van der Waals surface area (Å²) >= 11 is 0. The lowest BCUT2D eigenvalue weighted by Gasteiger charge is -2.48. The lowest BCUT2D eigenvalue weighted by atomic mass is 9.63. The van der Waals surface area contributed by atoms with Crippen LogP contribution in [0.15, 0.2) is 47.8 Å². The van der Waals surface area contributed by atoms with Crippen molar-refractivity contribution < 1.29 is 33.5 Å². The lowest BCUT2D eigenvalue weighted by molar-refractivity contribution is -0.385. The van der Waals surface area contributed by atoms with Crippen LogP contribution in [0.25, 0.3) is 0 Å². The molecule has 33 heavy (non-hydrogen) atoms. The average Bonchev–Trinajstić information content (AvgIpc) is 2.82. The van der Waals surface area contributed by atoms with E-state index in [2.05, 4.69) is 6.58 Å². The molecule has 0 bridgehead atoms.